The third kappa shape index (κ3) is 2.94. The first-order valence-electron chi connectivity index (χ1n) is 7.78. The summed E-state index contributed by atoms with van der Waals surface area (Å²) in [6, 6.07) is 1.88. The summed E-state index contributed by atoms with van der Waals surface area (Å²) in [6.45, 7) is 1.31. The molecule has 0 spiro atoms. The third-order valence-electron chi connectivity index (χ3n) is 4.47. The molecule has 3 rings (SSSR count). The van der Waals surface area contributed by atoms with Gasteiger partial charge in [0.1, 0.15) is 11.6 Å². The molecule has 2 atom stereocenters. The van der Waals surface area contributed by atoms with Crippen LogP contribution >= 0.6 is 0 Å². The van der Waals surface area contributed by atoms with Gasteiger partial charge in [-0.1, -0.05) is 6.07 Å². The number of rotatable bonds is 4. The number of amides is 3. The zero-order valence-corrected chi connectivity index (χ0v) is 14.5. The molecule has 26 heavy (non-hydrogen) atoms. The van der Waals surface area contributed by atoms with E-state index in [9.17, 15) is 32.9 Å². The fourth-order valence-corrected chi connectivity index (χ4v) is 4.81. The Kier molecular flexibility index (Phi) is 4.26. The Morgan fingerprint density at radius 2 is 2.04 bits per heavy atom. The zero-order chi connectivity index (χ0) is 19.2. The maximum absolute atomic E-state index is 12.5. The van der Waals surface area contributed by atoms with Crippen molar-refractivity contribution in [2.24, 2.45) is 0 Å². The van der Waals surface area contributed by atoms with E-state index in [0.717, 1.165) is 6.07 Å². The van der Waals surface area contributed by atoms with Gasteiger partial charge < -0.3 is 5.32 Å². The fraction of sp³-hybridized carbons (Fsp3) is 0.400. The van der Waals surface area contributed by atoms with Crippen molar-refractivity contribution in [1.82, 2.24) is 10.2 Å². The Labute approximate surface area is 148 Å². The van der Waals surface area contributed by atoms with Crippen LogP contribution in [0.25, 0.3) is 0 Å². The summed E-state index contributed by atoms with van der Waals surface area (Å²) in [4.78, 5) is 48.4. The lowest BCUT2D eigenvalue weighted by Crippen LogP contribution is -2.50. The first-order chi connectivity index (χ1) is 12.1. The Balaban J connectivity index is 1.82. The van der Waals surface area contributed by atoms with Crippen LogP contribution in [0.4, 0.5) is 5.69 Å². The molecule has 2 aliphatic rings. The average Bonchev–Trinajstić information content (AvgIpc) is 3.03. The van der Waals surface area contributed by atoms with E-state index >= 15 is 0 Å². The molecule has 0 saturated carbocycles. The molecule has 2 heterocycles. The number of carbonyl (C=O) groups excluding carboxylic acids is 3. The number of sulfone groups is 1. The second-order valence-electron chi connectivity index (χ2n) is 6.22. The van der Waals surface area contributed by atoms with E-state index in [-0.39, 0.29) is 29.1 Å². The second kappa shape index (κ2) is 6.16. The molecule has 0 radical (unpaired) electrons. The largest absolute Gasteiger partial charge is 0.351 e. The summed E-state index contributed by atoms with van der Waals surface area (Å²) in [5, 5.41) is 13.6. The molecule has 1 aromatic rings. The monoisotopic (exact) mass is 381 g/mol. The minimum Gasteiger partial charge on any atom is -0.351 e. The number of hydrogen-bond donors (Lipinski definition) is 1. The van der Waals surface area contributed by atoms with E-state index in [1.165, 1.54) is 19.1 Å². The van der Waals surface area contributed by atoms with E-state index in [4.69, 9.17) is 0 Å². The van der Waals surface area contributed by atoms with Crippen LogP contribution in [0, 0.1) is 10.1 Å². The van der Waals surface area contributed by atoms with E-state index in [1.54, 1.807) is 0 Å². The van der Waals surface area contributed by atoms with Crippen LogP contribution in [0.5, 0.6) is 0 Å². The number of imide groups is 1. The standard InChI is InChI=1S/C15H15N3O7S/c1-8(13(19)16-9-5-6-26(24,25)7-9)17-14(20)10-3-2-4-11(18(22)23)12(10)15(17)21/h2-4,8-9H,5-7H2,1H3,(H,16,19). The molecule has 0 aliphatic carbocycles. The normalized spacial score (nSPS) is 22.2. The van der Waals surface area contributed by atoms with Gasteiger partial charge in [0.2, 0.25) is 5.91 Å². The van der Waals surface area contributed by atoms with Gasteiger partial charge in [0, 0.05) is 12.1 Å². The topological polar surface area (TPSA) is 144 Å². The lowest BCUT2D eigenvalue weighted by molar-refractivity contribution is -0.385. The van der Waals surface area contributed by atoms with Gasteiger partial charge in [-0.25, -0.2) is 8.42 Å². The highest BCUT2D eigenvalue weighted by Gasteiger charge is 2.45. The van der Waals surface area contributed by atoms with E-state index in [0.29, 0.717) is 4.90 Å². The summed E-state index contributed by atoms with van der Waals surface area (Å²) in [7, 11) is -3.20. The first kappa shape index (κ1) is 18.0. The maximum Gasteiger partial charge on any atom is 0.282 e. The van der Waals surface area contributed by atoms with E-state index in [2.05, 4.69) is 5.32 Å². The van der Waals surface area contributed by atoms with Crippen LogP contribution in [0.1, 0.15) is 34.1 Å². The van der Waals surface area contributed by atoms with Gasteiger partial charge in [-0.2, -0.15) is 0 Å². The van der Waals surface area contributed by atoms with Crippen LogP contribution in [0.2, 0.25) is 0 Å². The zero-order valence-electron chi connectivity index (χ0n) is 13.7. The summed E-state index contributed by atoms with van der Waals surface area (Å²) in [5.74, 6) is -2.64. The number of nitrogens with one attached hydrogen (secondary N) is 1. The van der Waals surface area contributed by atoms with Crippen molar-refractivity contribution < 1.29 is 27.7 Å². The van der Waals surface area contributed by atoms with Crippen LogP contribution in [-0.2, 0) is 14.6 Å². The number of fused-ring (bicyclic) bond motifs is 1. The lowest BCUT2D eigenvalue weighted by Gasteiger charge is -2.23. The Morgan fingerprint density at radius 3 is 2.62 bits per heavy atom. The summed E-state index contributed by atoms with van der Waals surface area (Å²) in [6.07, 6.45) is 0.258. The van der Waals surface area contributed by atoms with E-state index < -0.39 is 50.3 Å². The van der Waals surface area contributed by atoms with Crippen LogP contribution in [-0.4, -0.2) is 59.6 Å². The number of benzene rings is 1. The molecular formula is C15H15N3O7S. The molecule has 11 heteroatoms. The number of nitrogens with zero attached hydrogens (tertiary/aromatic N) is 2. The van der Waals surface area contributed by atoms with Gasteiger partial charge in [0.05, 0.1) is 22.0 Å². The first-order valence-corrected chi connectivity index (χ1v) is 9.60. The molecule has 2 unspecified atom stereocenters. The molecule has 0 aromatic heterocycles. The van der Waals surface area contributed by atoms with Gasteiger partial charge in [-0.05, 0) is 19.4 Å². The van der Waals surface area contributed by atoms with Gasteiger partial charge in [-0.3, -0.25) is 29.4 Å². The predicted molar refractivity (Wildman–Crippen MR) is 88.3 cm³/mol. The molecular weight excluding hydrogens is 366 g/mol. The molecule has 1 saturated heterocycles. The summed E-state index contributed by atoms with van der Waals surface area (Å²) in [5.41, 5.74) is -0.976. The third-order valence-corrected chi connectivity index (χ3v) is 6.23. The molecule has 10 nitrogen and oxygen atoms in total. The Hall–Kier alpha value is -2.82. The van der Waals surface area contributed by atoms with Crippen molar-refractivity contribution in [3.05, 3.63) is 39.4 Å². The van der Waals surface area contributed by atoms with Gasteiger partial charge in [-0.15, -0.1) is 0 Å². The van der Waals surface area contributed by atoms with Gasteiger partial charge in [0.15, 0.2) is 9.84 Å². The van der Waals surface area contributed by atoms with Crippen LogP contribution in [0.15, 0.2) is 18.2 Å². The quantitative estimate of drug-likeness (QED) is 0.435. The Morgan fingerprint density at radius 1 is 1.35 bits per heavy atom. The number of nitro benzene ring substituents is 1. The van der Waals surface area contributed by atoms with Crippen molar-refractivity contribution in [3.8, 4) is 0 Å². The molecule has 138 valence electrons. The SMILES string of the molecule is CC(C(=O)NC1CCS(=O)(=O)C1)N1C(=O)c2cccc([N+](=O)[O-])c2C1=O. The molecule has 1 fully saturated rings. The minimum atomic E-state index is -3.20. The summed E-state index contributed by atoms with van der Waals surface area (Å²) >= 11 is 0. The smallest absolute Gasteiger partial charge is 0.282 e. The van der Waals surface area contributed by atoms with Crippen LogP contribution < -0.4 is 5.32 Å². The second-order valence-corrected chi connectivity index (χ2v) is 8.45. The molecule has 1 N–H and O–H groups in total. The Bertz CT molecular complexity index is 941. The number of carbonyl (C=O) groups is 3. The predicted octanol–water partition coefficient (Wildman–Crippen LogP) is -0.117. The highest BCUT2D eigenvalue weighted by atomic mass is 32.2. The number of nitro groups is 1. The van der Waals surface area contributed by atoms with Gasteiger partial charge in [0.25, 0.3) is 17.5 Å². The maximum atomic E-state index is 12.5. The number of hydrogen-bond acceptors (Lipinski definition) is 7. The van der Waals surface area contributed by atoms with Crippen molar-refractivity contribution >= 4 is 33.2 Å². The molecule has 2 aliphatic heterocycles. The van der Waals surface area contributed by atoms with Crippen molar-refractivity contribution in [2.45, 2.75) is 25.4 Å². The van der Waals surface area contributed by atoms with Crippen LogP contribution in [0.3, 0.4) is 0 Å². The summed E-state index contributed by atoms with van der Waals surface area (Å²) < 4.78 is 22.9. The van der Waals surface area contributed by atoms with Gasteiger partial charge >= 0.3 is 0 Å². The highest BCUT2D eigenvalue weighted by molar-refractivity contribution is 7.91. The van der Waals surface area contributed by atoms with Crippen molar-refractivity contribution in [3.63, 3.8) is 0 Å². The van der Waals surface area contributed by atoms with Crippen molar-refractivity contribution in [2.75, 3.05) is 11.5 Å². The average molecular weight is 381 g/mol. The molecule has 0 bridgehead atoms. The molecule has 1 aromatic carbocycles. The minimum absolute atomic E-state index is 0.0362. The molecule has 3 amide bonds. The lowest BCUT2D eigenvalue weighted by atomic mass is 10.1. The fourth-order valence-electron chi connectivity index (χ4n) is 3.14. The highest BCUT2D eigenvalue weighted by Crippen LogP contribution is 2.31. The van der Waals surface area contributed by atoms with E-state index in [1.807, 2.05) is 0 Å². The van der Waals surface area contributed by atoms with Crippen molar-refractivity contribution in [1.29, 1.82) is 0 Å².